The first-order valence-electron chi connectivity index (χ1n) is 6.38. The van der Waals surface area contributed by atoms with E-state index < -0.39 is 5.97 Å². The molecule has 0 bridgehead atoms. The largest absolute Gasteiger partial charge is 0.476 e. The minimum atomic E-state index is -1.14. The van der Waals surface area contributed by atoms with Gasteiger partial charge in [0.25, 0.3) is 0 Å². The van der Waals surface area contributed by atoms with E-state index >= 15 is 0 Å². The van der Waals surface area contributed by atoms with Crippen molar-refractivity contribution in [3.8, 4) is 17.1 Å². The summed E-state index contributed by atoms with van der Waals surface area (Å²) in [5, 5.41) is 17.0. The Hall–Kier alpha value is -2.89. The Balaban J connectivity index is 2.26. The highest BCUT2D eigenvalue weighted by Gasteiger charge is 2.24. The molecule has 3 aromatic rings. The van der Waals surface area contributed by atoms with Crippen molar-refractivity contribution >= 4 is 5.97 Å². The summed E-state index contributed by atoms with van der Waals surface area (Å²) in [5.74, 6) is -0.727. The number of nitrogens with zero attached hydrogens (tertiary/aromatic N) is 3. The molecule has 3 rings (SSSR count). The Bertz CT molecular complexity index is 804. The molecule has 0 aliphatic heterocycles. The van der Waals surface area contributed by atoms with Gasteiger partial charge in [0.15, 0.2) is 5.76 Å². The molecule has 2 heterocycles. The number of hydrogen-bond donors (Lipinski definition) is 1. The van der Waals surface area contributed by atoms with Crippen molar-refractivity contribution in [1.82, 2.24) is 15.0 Å². The molecular formula is C15H13N3O3. The topological polar surface area (TPSA) is 81.2 Å². The molecule has 0 unspecified atom stereocenters. The first-order chi connectivity index (χ1) is 10.1. The smallest absolute Gasteiger partial charge is 0.358 e. The van der Waals surface area contributed by atoms with Crippen LogP contribution in [0.1, 0.15) is 21.6 Å². The van der Waals surface area contributed by atoms with Gasteiger partial charge < -0.3 is 9.52 Å². The third kappa shape index (κ3) is 2.20. The molecule has 21 heavy (non-hydrogen) atoms. The summed E-state index contributed by atoms with van der Waals surface area (Å²) in [4.78, 5) is 11.3. The van der Waals surface area contributed by atoms with Crippen LogP contribution in [-0.2, 0) is 0 Å². The lowest BCUT2D eigenvalue weighted by Gasteiger charge is -2.09. The normalized spacial score (nSPS) is 10.8. The number of rotatable bonds is 3. The van der Waals surface area contributed by atoms with Gasteiger partial charge in [-0.1, -0.05) is 22.9 Å². The first kappa shape index (κ1) is 13.1. The van der Waals surface area contributed by atoms with Crippen LogP contribution in [0.25, 0.3) is 17.1 Å². The van der Waals surface area contributed by atoms with Gasteiger partial charge in [0.05, 0.1) is 12.0 Å². The van der Waals surface area contributed by atoms with Crippen molar-refractivity contribution in [2.45, 2.75) is 13.8 Å². The predicted octanol–water partition coefficient (Wildman–Crippen LogP) is 2.84. The first-order valence-corrected chi connectivity index (χ1v) is 6.38. The van der Waals surface area contributed by atoms with Crippen molar-refractivity contribution in [1.29, 1.82) is 0 Å². The maximum absolute atomic E-state index is 11.3. The van der Waals surface area contributed by atoms with Gasteiger partial charge in [-0.25, -0.2) is 9.48 Å². The molecule has 1 N–H and O–H groups in total. The third-order valence-electron chi connectivity index (χ3n) is 3.21. The molecule has 0 saturated heterocycles. The predicted molar refractivity (Wildman–Crippen MR) is 75.5 cm³/mol. The average molecular weight is 283 g/mol. The zero-order valence-electron chi connectivity index (χ0n) is 11.6. The Kier molecular flexibility index (Phi) is 3.06. The van der Waals surface area contributed by atoms with Crippen molar-refractivity contribution in [2.75, 3.05) is 0 Å². The summed E-state index contributed by atoms with van der Waals surface area (Å²) in [6.07, 6.45) is 1.49. The maximum Gasteiger partial charge on any atom is 0.358 e. The fourth-order valence-electron chi connectivity index (χ4n) is 2.27. The molecule has 2 aromatic heterocycles. The molecule has 0 spiro atoms. The molecule has 0 amide bonds. The molecule has 0 atom stereocenters. The number of benzene rings is 1. The fourth-order valence-corrected chi connectivity index (χ4v) is 2.27. The number of carbonyl (C=O) groups is 1. The van der Waals surface area contributed by atoms with Crippen LogP contribution < -0.4 is 0 Å². The van der Waals surface area contributed by atoms with Gasteiger partial charge in [0.1, 0.15) is 5.69 Å². The second kappa shape index (κ2) is 4.90. The van der Waals surface area contributed by atoms with E-state index in [1.54, 1.807) is 12.1 Å². The van der Waals surface area contributed by atoms with E-state index in [1.807, 2.05) is 32.0 Å². The number of hydrogen-bond acceptors (Lipinski definition) is 4. The molecule has 106 valence electrons. The summed E-state index contributed by atoms with van der Waals surface area (Å²) in [6.45, 7) is 3.94. The van der Waals surface area contributed by atoms with Crippen molar-refractivity contribution in [3.63, 3.8) is 0 Å². The molecule has 0 fully saturated rings. The molecular weight excluding hydrogens is 270 g/mol. The van der Waals surface area contributed by atoms with Gasteiger partial charge in [-0.15, -0.1) is 5.10 Å². The quantitative estimate of drug-likeness (QED) is 0.799. The summed E-state index contributed by atoms with van der Waals surface area (Å²) < 4.78 is 6.83. The highest BCUT2D eigenvalue weighted by atomic mass is 16.4. The van der Waals surface area contributed by atoms with E-state index in [9.17, 15) is 9.90 Å². The zero-order chi connectivity index (χ0) is 15.0. The van der Waals surface area contributed by atoms with E-state index in [0.29, 0.717) is 11.5 Å². The molecule has 0 aliphatic carbocycles. The highest BCUT2D eigenvalue weighted by molar-refractivity contribution is 5.92. The van der Waals surface area contributed by atoms with Crippen LogP contribution in [0.4, 0.5) is 0 Å². The number of aromatic carboxylic acids is 1. The number of aryl methyl sites for hydroxylation is 2. The van der Waals surface area contributed by atoms with Gasteiger partial charge in [-0.05, 0) is 37.6 Å². The Morgan fingerprint density at radius 1 is 1.29 bits per heavy atom. The molecule has 0 radical (unpaired) electrons. The van der Waals surface area contributed by atoms with Crippen LogP contribution in [0.5, 0.6) is 0 Å². The fraction of sp³-hybridized carbons (Fsp3) is 0.133. The van der Waals surface area contributed by atoms with Gasteiger partial charge >= 0.3 is 5.97 Å². The molecule has 1 aromatic carbocycles. The number of carboxylic acids is 1. The number of furan rings is 1. The zero-order valence-corrected chi connectivity index (χ0v) is 11.6. The lowest BCUT2D eigenvalue weighted by Crippen LogP contribution is -2.04. The number of carboxylic acid groups (broad SMARTS) is 1. The average Bonchev–Trinajstić information content (AvgIpc) is 3.06. The van der Waals surface area contributed by atoms with E-state index in [-0.39, 0.29) is 5.69 Å². The summed E-state index contributed by atoms with van der Waals surface area (Å²) >= 11 is 0. The summed E-state index contributed by atoms with van der Waals surface area (Å²) in [7, 11) is 0. The Morgan fingerprint density at radius 2 is 2.10 bits per heavy atom. The standard InChI is InChI=1S/C15H13N3O3/c1-9-5-6-11(10(2)8-9)18-14(12-4-3-7-21-12)13(15(19)20)16-17-18/h3-8H,1-2H3,(H,19,20). The second-order valence-corrected chi connectivity index (χ2v) is 4.77. The van der Waals surface area contributed by atoms with E-state index in [1.165, 1.54) is 10.9 Å². The van der Waals surface area contributed by atoms with Crippen LogP contribution in [-0.4, -0.2) is 26.1 Å². The van der Waals surface area contributed by atoms with Crippen LogP contribution in [0.3, 0.4) is 0 Å². The van der Waals surface area contributed by atoms with E-state index in [2.05, 4.69) is 10.3 Å². The second-order valence-electron chi connectivity index (χ2n) is 4.77. The van der Waals surface area contributed by atoms with Crippen LogP contribution in [0.15, 0.2) is 41.0 Å². The Labute approximate surface area is 120 Å². The van der Waals surface area contributed by atoms with Crippen LogP contribution in [0.2, 0.25) is 0 Å². The molecule has 6 heteroatoms. The molecule has 6 nitrogen and oxygen atoms in total. The highest BCUT2D eigenvalue weighted by Crippen LogP contribution is 2.27. The van der Waals surface area contributed by atoms with E-state index in [0.717, 1.165) is 16.8 Å². The van der Waals surface area contributed by atoms with Gasteiger partial charge in [0, 0.05) is 0 Å². The van der Waals surface area contributed by atoms with Crippen LogP contribution >= 0.6 is 0 Å². The monoisotopic (exact) mass is 283 g/mol. The lowest BCUT2D eigenvalue weighted by atomic mass is 10.1. The lowest BCUT2D eigenvalue weighted by molar-refractivity contribution is 0.0691. The van der Waals surface area contributed by atoms with Crippen LogP contribution in [0, 0.1) is 13.8 Å². The van der Waals surface area contributed by atoms with E-state index in [4.69, 9.17) is 4.42 Å². The van der Waals surface area contributed by atoms with Crippen molar-refractivity contribution < 1.29 is 14.3 Å². The van der Waals surface area contributed by atoms with Gasteiger partial charge in [-0.3, -0.25) is 0 Å². The number of aromatic nitrogens is 3. The SMILES string of the molecule is Cc1ccc(-n2nnc(C(=O)O)c2-c2ccco2)c(C)c1. The third-order valence-corrected chi connectivity index (χ3v) is 3.21. The van der Waals surface area contributed by atoms with Crippen molar-refractivity contribution in [3.05, 3.63) is 53.4 Å². The van der Waals surface area contributed by atoms with Crippen molar-refractivity contribution in [2.24, 2.45) is 0 Å². The van der Waals surface area contributed by atoms with Gasteiger partial charge in [-0.2, -0.15) is 0 Å². The molecule has 0 saturated carbocycles. The minimum absolute atomic E-state index is 0.134. The minimum Gasteiger partial charge on any atom is -0.476 e. The summed E-state index contributed by atoms with van der Waals surface area (Å²) in [5.41, 5.74) is 3.07. The Morgan fingerprint density at radius 3 is 2.71 bits per heavy atom. The summed E-state index contributed by atoms with van der Waals surface area (Å²) in [6, 6.07) is 9.21. The molecule has 0 aliphatic rings. The van der Waals surface area contributed by atoms with Gasteiger partial charge in [0.2, 0.25) is 5.69 Å². The maximum atomic E-state index is 11.3.